The Hall–Kier alpha value is -1.16. The highest BCUT2D eigenvalue weighted by Gasteiger charge is 2.24. The third kappa shape index (κ3) is 2.89. The molecule has 0 spiro atoms. The first-order valence-electron chi connectivity index (χ1n) is 7.48. The molecule has 1 unspecified atom stereocenters. The SMILES string of the molecule is CCC1CCCCCN1c1nnc(C)c(C)c1CN. The van der Waals surface area contributed by atoms with Gasteiger partial charge in [-0.05, 0) is 38.7 Å². The van der Waals surface area contributed by atoms with E-state index in [1.54, 1.807) is 0 Å². The molecule has 2 rings (SSSR count). The minimum Gasteiger partial charge on any atom is -0.352 e. The summed E-state index contributed by atoms with van der Waals surface area (Å²) in [7, 11) is 0. The van der Waals surface area contributed by atoms with Crippen molar-refractivity contribution in [2.45, 2.75) is 65.5 Å². The fraction of sp³-hybridized carbons (Fsp3) is 0.733. The van der Waals surface area contributed by atoms with Crippen molar-refractivity contribution in [3.63, 3.8) is 0 Å². The van der Waals surface area contributed by atoms with E-state index in [-0.39, 0.29) is 0 Å². The minimum absolute atomic E-state index is 0.546. The molecule has 0 bridgehead atoms. The summed E-state index contributed by atoms with van der Waals surface area (Å²) in [4.78, 5) is 2.45. The van der Waals surface area contributed by atoms with E-state index in [9.17, 15) is 0 Å². The molecule has 19 heavy (non-hydrogen) atoms. The molecule has 1 atom stereocenters. The van der Waals surface area contributed by atoms with Crippen molar-refractivity contribution in [1.29, 1.82) is 0 Å². The Labute approximate surface area is 116 Å². The van der Waals surface area contributed by atoms with Crippen LogP contribution in [0.2, 0.25) is 0 Å². The summed E-state index contributed by atoms with van der Waals surface area (Å²) in [6.45, 7) is 8.01. The van der Waals surface area contributed by atoms with Crippen LogP contribution in [0.1, 0.15) is 55.8 Å². The first-order valence-corrected chi connectivity index (χ1v) is 7.48. The zero-order valence-corrected chi connectivity index (χ0v) is 12.4. The molecule has 0 radical (unpaired) electrons. The minimum atomic E-state index is 0.546. The molecule has 0 aromatic carbocycles. The number of rotatable bonds is 3. The van der Waals surface area contributed by atoms with Crippen LogP contribution in [0.25, 0.3) is 0 Å². The largest absolute Gasteiger partial charge is 0.352 e. The van der Waals surface area contributed by atoms with Crippen molar-refractivity contribution in [3.05, 3.63) is 16.8 Å². The topological polar surface area (TPSA) is 55.0 Å². The molecule has 106 valence electrons. The van der Waals surface area contributed by atoms with Crippen molar-refractivity contribution in [3.8, 4) is 0 Å². The first-order chi connectivity index (χ1) is 9.19. The fourth-order valence-electron chi connectivity index (χ4n) is 3.00. The Morgan fingerprint density at radius 3 is 2.68 bits per heavy atom. The maximum Gasteiger partial charge on any atom is 0.156 e. The van der Waals surface area contributed by atoms with Gasteiger partial charge in [-0.1, -0.05) is 19.8 Å². The molecule has 1 aromatic rings. The maximum absolute atomic E-state index is 5.96. The van der Waals surface area contributed by atoms with Crippen LogP contribution < -0.4 is 10.6 Å². The van der Waals surface area contributed by atoms with Gasteiger partial charge in [0, 0.05) is 24.7 Å². The number of aromatic nitrogens is 2. The molecule has 4 heteroatoms. The lowest BCUT2D eigenvalue weighted by molar-refractivity contribution is 0.547. The van der Waals surface area contributed by atoms with Gasteiger partial charge in [0.1, 0.15) is 0 Å². The summed E-state index contributed by atoms with van der Waals surface area (Å²) >= 11 is 0. The average molecular weight is 262 g/mol. The van der Waals surface area contributed by atoms with Crippen LogP contribution in [0.15, 0.2) is 0 Å². The Kier molecular flexibility index (Phi) is 4.75. The van der Waals surface area contributed by atoms with Crippen LogP contribution in [0.4, 0.5) is 5.82 Å². The first kappa shape index (κ1) is 14.3. The molecule has 0 saturated carbocycles. The van der Waals surface area contributed by atoms with E-state index < -0.39 is 0 Å². The van der Waals surface area contributed by atoms with Gasteiger partial charge in [0.05, 0.1) is 5.69 Å². The molecular weight excluding hydrogens is 236 g/mol. The molecule has 1 saturated heterocycles. The number of nitrogens with two attached hydrogens (primary N) is 1. The third-order valence-corrected chi connectivity index (χ3v) is 4.38. The summed E-state index contributed by atoms with van der Waals surface area (Å²) in [5.41, 5.74) is 9.33. The highest BCUT2D eigenvalue weighted by atomic mass is 15.3. The highest BCUT2D eigenvalue weighted by Crippen LogP contribution is 2.28. The maximum atomic E-state index is 5.96. The predicted molar refractivity (Wildman–Crippen MR) is 79.3 cm³/mol. The van der Waals surface area contributed by atoms with Gasteiger partial charge in [-0.2, -0.15) is 5.10 Å². The van der Waals surface area contributed by atoms with Crippen molar-refractivity contribution in [2.75, 3.05) is 11.4 Å². The van der Waals surface area contributed by atoms with Crippen LogP contribution in [0, 0.1) is 13.8 Å². The zero-order chi connectivity index (χ0) is 13.8. The van der Waals surface area contributed by atoms with Gasteiger partial charge < -0.3 is 10.6 Å². The van der Waals surface area contributed by atoms with Crippen molar-refractivity contribution < 1.29 is 0 Å². The monoisotopic (exact) mass is 262 g/mol. The van der Waals surface area contributed by atoms with Crippen LogP contribution in [-0.2, 0) is 6.54 Å². The Balaban J connectivity index is 2.40. The number of anilines is 1. The molecular formula is C15H26N4. The molecule has 2 N–H and O–H groups in total. The molecule has 0 amide bonds. The average Bonchev–Trinajstić information content (AvgIpc) is 2.66. The smallest absolute Gasteiger partial charge is 0.156 e. The van der Waals surface area contributed by atoms with Gasteiger partial charge in [-0.25, -0.2) is 0 Å². The standard InChI is InChI=1S/C15H26N4/c1-4-13-8-6-5-7-9-19(13)15-14(10-16)11(2)12(3)17-18-15/h13H,4-10,16H2,1-3H3. The molecule has 0 aliphatic carbocycles. The lowest BCUT2D eigenvalue weighted by Crippen LogP contribution is -2.36. The lowest BCUT2D eigenvalue weighted by atomic mass is 10.1. The molecule has 2 heterocycles. The second kappa shape index (κ2) is 6.33. The Bertz CT molecular complexity index is 430. The highest BCUT2D eigenvalue weighted by molar-refractivity contribution is 5.51. The van der Waals surface area contributed by atoms with Gasteiger partial charge in [0.15, 0.2) is 5.82 Å². The Morgan fingerprint density at radius 1 is 1.21 bits per heavy atom. The summed E-state index contributed by atoms with van der Waals surface area (Å²) in [6.07, 6.45) is 6.32. The van der Waals surface area contributed by atoms with Crippen LogP contribution in [0.5, 0.6) is 0 Å². The Morgan fingerprint density at radius 2 is 2.00 bits per heavy atom. The van der Waals surface area contributed by atoms with Gasteiger partial charge in [-0.15, -0.1) is 5.10 Å². The number of aryl methyl sites for hydroxylation is 1. The van der Waals surface area contributed by atoms with E-state index in [0.717, 1.165) is 18.1 Å². The fourth-order valence-corrected chi connectivity index (χ4v) is 3.00. The molecule has 1 aromatic heterocycles. The van der Waals surface area contributed by atoms with E-state index in [4.69, 9.17) is 5.73 Å². The van der Waals surface area contributed by atoms with E-state index in [2.05, 4.69) is 28.9 Å². The summed E-state index contributed by atoms with van der Waals surface area (Å²) < 4.78 is 0. The number of hydrogen-bond donors (Lipinski definition) is 1. The lowest BCUT2D eigenvalue weighted by Gasteiger charge is -2.32. The van der Waals surface area contributed by atoms with Gasteiger partial charge in [0.25, 0.3) is 0 Å². The molecule has 1 aliphatic heterocycles. The zero-order valence-electron chi connectivity index (χ0n) is 12.4. The van der Waals surface area contributed by atoms with E-state index >= 15 is 0 Å². The second-order valence-corrected chi connectivity index (χ2v) is 5.52. The molecule has 4 nitrogen and oxygen atoms in total. The molecule has 1 fully saturated rings. The van der Waals surface area contributed by atoms with E-state index in [1.807, 2.05) is 6.92 Å². The van der Waals surface area contributed by atoms with Crippen LogP contribution >= 0.6 is 0 Å². The quantitative estimate of drug-likeness (QED) is 0.910. The number of nitrogens with zero attached hydrogens (tertiary/aromatic N) is 3. The van der Waals surface area contributed by atoms with Gasteiger partial charge in [-0.3, -0.25) is 0 Å². The summed E-state index contributed by atoms with van der Waals surface area (Å²) in [5, 5.41) is 8.78. The second-order valence-electron chi connectivity index (χ2n) is 5.52. The number of hydrogen-bond acceptors (Lipinski definition) is 4. The van der Waals surface area contributed by atoms with E-state index in [1.165, 1.54) is 43.2 Å². The third-order valence-electron chi connectivity index (χ3n) is 4.38. The van der Waals surface area contributed by atoms with Gasteiger partial charge >= 0.3 is 0 Å². The van der Waals surface area contributed by atoms with Crippen LogP contribution in [0.3, 0.4) is 0 Å². The van der Waals surface area contributed by atoms with Crippen molar-refractivity contribution in [2.24, 2.45) is 5.73 Å². The summed E-state index contributed by atoms with van der Waals surface area (Å²) in [5.74, 6) is 1.03. The van der Waals surface area contributed by atoms with Crippen molar-refractivity contribution in [1.82, 2.24) is 10.2 Å². The van der Waals surface area contributed by atoms with E-state index in [0.29, 0.717) is 12.6 Å². The van der Waals surface area contributed by atoms with Crippen molar-refractivity contribution >= 4 is 5.82 Å². The molecule has 1 aliphatic rings. The predicted octanol–water partition coefficient (Wildman–Crippen LogP) is 2.71. The van der Waals surface area contributed by atoms with Crippen LogP contribution in [-0.4, -0.2) is 22.8 Å². The van der Waals surface area contributed by atoms with Gasteiger partial charge in [0.2, 0.25) is 0 Å². The summed E-state index contributed by atoms with van der Waals surface area (Å²) in [6, 6.07) is 0.587. The normalized spacial score (nSPS) is 20.4.